The van der Waals surface area contributed by atoms with E-state index < -0.39 is 0 Å². The molecule has 1 N–H and O–H groups in total. The second-order valence-electron chi connectivity index (χ2n) is 4.45. The minimum atomic E-state index is -0.181. The summed E-state index contributed by atoms with van der Waals surface area (Å²) >= 11 is 0. The zero-order chi connectivity index (χ0) is 15.2. The van der Waals surface area contributed by atoms with Gasteiger partial charge in [0.05, 0.1) is 11.3 Å². The Morgan fingerprint density at radius 2 is 2.14 bits per heavy atom. The summed E-state index contributed by atoms with van der Waals surface area (Å²) in [4.78, 5) is 18.1. The molecule has 1 amide bonds. The lowest BCUT2D eigenvalue weighted by atomic mass is 10.1. The molecule has 1 aromatic heterocycles. The topological polar surface area (TPSA) is 69.0 Å². The van der Waals surface area contributed by atoms with Gasteiger partial charge in [-0.15, -0.1) is 0 Å². The van der Waals surface area contributed by atoms with Crippen LogP contribution in [0.4, 0.5) is 11.5 Å². The monoisotopic (exact) mass is 280 g/mol. The fraction of sp³-hybridized carbons (Fsp3) is 0.188. The number of hydrogen-bond acceptors (Lipinski definition) is 4. The Balaban J connectivity index is 2.31. The highest BCUT2D eigenvalue weighted by molar-refractivity contribution is 6.06. The van der Waals surface area contributed by atoms with Crippen LogP contribution in [0.5, 0.6) is 0 Å². The van der Waals surface area contributed by atoms with E-state index in [9.17, 15) is 4.79 Å². The summed E-state index contributed by atoms with van der Waals surface area (Å²) in [5, 5.41) is 12.2. The van der Waals surface area contributed by atoms with Crippen molar-refractivity contribution < 1.29 is 4.79 Å². The summed E-state index contributed by atoms with van der Waals surface area (Å²) in [6.07, 6.45) is 1.59. The van der Waals surface area contributed by atoms with Crippen LogP contribution < -0.4 is 10.2 Å². The van der Waals surface area contributed by atoms with Crippen molar-refractivity contribution in [2.24, 2.45) is 0 Å². The molecule has 0 unspecified atom stereocenters. The van der Waals surface area contributed by atoms with Crippen LogP contribution >= 0.6 is 0 Å². The number of nitrogens with one attached hydrogen (secondary N) is 1. The minimum Gasteiger partial charge on any atom is -0.370 e. The Morgan fingerprint density at radius 1 is 1.38 bits per heavy atom. The smallest absolute Gasteiger partial charge is 0.258 e. The zero-order valence-electron chi connectivity index (χ0n) is 12.0. The molecule has 0 saturated carbocycles. The van der Waals surface area contributed by atoms with Gasteiger partial charge in [-0.05, 0) is 31.2 Å². The highest BCUT2D eigenvalue weighted by Gasteiger charge is 2.16. The number of benzene rings is 1. The van der Waals surface area contributed by atoms with E-state index in [-0.39, 0.29) is 5.91 Å². The number of nitriles is 1. The van der Waals surface area contributed by atoms with Crippen molar-refractivity contribution >= 4 is 17.4 Å². The van der Waals surface area contributed by atoms with Gasteiger partial charge in [-0.2, -0.15) is 5.26 Å². The molecule has 0 bridgehead atoms. The lowest BCUT2D eigenvalue weighted by Gasteiger charge is -2.18. The molecule has 0 aliphatic carbocycles. The lowest BCUT2D eigenvalue weighted by Crippen LogP contribution is -2.27. The molecule has 0 saturated heterocycles. The van der Waals surface area contributed by atoms with E-state index in [1.807, 2.05) is 6.92 Å². The van der Waals surface area contributed by atoms with Crippen molar-refractivity contribution in [2.45, 2.75) is 6.92 Å². The van der Waals surface area contributed by atoms with E-state index in [1.165, 1.54) is 4.90 Å². The first-order valence-corrected chi connectivity index (χ1v) is 6.64. The number of carbonyl (C=O) groups excluding carboxylic acids is 1. The zero-order valence-corrected chi connectivity index (χ0v) is 12.0. The molecule has 0 fully saturated rings. The molecule has 0 aliphatic heterocycles. The summed E-state index contributed by atoms with van der Waals surface area (Å²) in [5.41, 5.74) is 1.58. The van der Waals surface area contributed by atoms with Crippen LogP contribution in [0.15, 0.2) is 42.6 Å². The summed E-state index contributed by atoms with van der Waals surface area (Å²) in [5.74, 6) is 0.476. The maximum absolute atomic E-state index is 12.5. The quantitative estimate of drug-likeness (QED) is 0.934. The van der Waals surface area contributed by atoms with Crippen LogP contribution in [0.25, 0.3) is 0 Å². The number of pyridine rings is 1. The molecular formula is C16H16N4O. The van der Waals surface area contributed by atoms with Gasteiger partial charge in [-0.3, -0.25) is 4.79 Å². The summed E-state index contributed by atoms with van der Waals surface area (Å²) in [6.45, 7) is 2.70. The average molecular weight is 280 g/mol. The van der Waals surface area contributed by atoms with Crippen molar-refractivity contribution in [1.82, 2.24) is 4.98 Å². The van der Waals surface area contributed by atoms with Gasteiger partial charge in [-0.1, -0.05) is 12.1 Å². The van der Waals surface area contributed by atoms with Crippen LogP contribution in [0.1, 0.15) is 22.8 Å². The maximum atomic E-state index is 12.5. The van der Waals surface area contributed by atoms with E-state index >= 15 is 0 Å². The van der Waals surface area contributed by atoms with Gasteiger partial charge in [0.15, 0.2) is 0 Å². The highest BCUT2D eigenvalue weighted by atomic mass is 16.2. The van der Waals surface area contributed by atoms with Crippen LogP contribution in [0, 0.1) is 11.3 Å². The molecular weight excluding hydrogens is 264 g/mol. The maximum Gasteiger partial charge on any atom is 0.258 e. The van der Waals surface area contributed by atoms with Crippen molar-refractivity contribution in [3.05, 3.63) is 53.7 Å². The molecule has 0 radical (unpaired) electrons. The van der Waals surface area contributed by atoms with E-state index in [1.54, 1.807) is 49.6 Å². The molecule has 1 aromatic carbocycles. The van der Waals surface area contributed by atoms with Crippen LogP contribution in [0.2, 0.25) is 0 Å². The van der Waals surface area contributed by atoms with E-state index in [0.29, 0.717) is 22.6 Å². The molecule has 0 aliphatic rings. The van der Waals surface area contributed by atoms with Gasteiger partial charge < -0.3 is 10.2 Å². The predicted molar refractivity (Wildman–Crippen MR) is 82.3 cm³/mol. The fourth-order valence-corrected chi connectivity index (χ4v) is 2.01. The molecule has 0 atom stereocenters. The molecule has 2 aromatic rings. The number of nitrogens with zero attached hydrogens (tertiary/aromatic N) is 3. The van der Waals surface area contributed by atoms with E-state index in [0.717, 1.165) is 6.54 Å². The van der Waals surface area contributed by atoms with Gasteiger partial charge >= 0.3 is 0 Å². The lowest BCUT2D eigenvalue weighted by molar-refractivity contribution is 0.0993. The van der Waals surface area contributed by atoms with Gasteiger partial charge in [0, 0.05) is 25.4 Å². The minimum absolute atomic E-state index is 0.181. The first-order chi connectivity index (χ1) is 10.2. The van der Waals surface area contributed by atoms with Gasteiger partial charge in [0.1, 0.15) is 11.9 Å². The van der Waals surface area contributed by atoms with Crippen molar-refractivity contribution in [2.75, 3.05) is 23.8 Å². The number of aromatic nitrogens is 1. The number of rotatable bonds is 4. The van der Waals surface area contributed by atoms with Crippen molar-refractivity contribution in [3.8, 4) is 6.07 Å². The fourth-order valence-electron chi connectivity index (χ4n) is 2.01. The Kier molecular flexibility index (Phi) is 4.52. The van der Waals surface area contributed by atoms with E-state index in [4.69, 9.17) is 5.26 Å². The van der Waals surface area contributed by atoms with Gasteiger partial charge in [-0.25, -0.2) is 4.98 Å². The first-order valence-electron chi connectivity index (χ1n) is 6.64. The summed E-state index contributed by atoms with van der Waals surface area (Å²) in [7, 11) is 1.66. The van der Waals surface area contributed by atoms with Gasteiger partial charge in [0.2, 0.25) is 0 Å². The second kappa shape index (κ2) is 6.53. The molecule has 5 nitrogen and oxygen atoms in total. The Morgan fingerprint density at radius 3 is 2.86 bits per heavy atom. The molecule has 5 heteroatoms. The highest BCUT2D eigenvalue weighted by Crippen LogP contribution is 2.20. The molecule has 1 heterocycles. The third-order valence-corrected chi connectivity index (χ3v) is 3.06. The standard InChI is InChI=1S/C16H16N4O/c1-3-18-15-10-12(8-9-19-15)16(21)20(2)14-7-5-4-6-13(14)11-17/h4-10H,3H2,1-2H3,(H,18,19). The Hall–Kier alpha value is -2.87. The van der Waals surface area contributed by atoms with E-state index in [2.05, 4.69) is 16.4 Å². The SMILES string of the molecule is CCNc1cc(C(=O)N(C)c2ccccc2C#N)ccn1. The number of carbonyl (C=O) groups is 1. The molecule has 2 rings (SSSR count). The molecule has 0 spiro atoms. The number of amides is 1. The number of anilines is 2. The summed E-state index contributed by atoms with van der Waals surface area (Å²) < 4.78 is 0. The Bertz CT molecular complexity index is 691. The van der Waals surface area contributed by atoms with Crippen molar-refractivity contribution in [3.63, 3.8) is 0 Å². The normalized spacial score (nSPS) is 9.76. The largest absolute Gasteiger partial charge is 0.370 e. The molecule has 106 valence electrons. The van der Waals surface area contributed by atoms with Crippen LogP contribution in [0.3, 0.4) is 0 Å². The van der Waals surface area contributed by atoms with Gasteiger partial charge in [0.25, 0.3) is 5.91 Å². The first kappa shape index (κ1) is 14.5. The second-order valence-corrected chi connectivity index (χ2v) is 4.45. The predicted octanol–water partition coefficient (Wildman–Crippen LogP) is 2.66. The number of hydrogen-bond donors (Lipinski definition) is 1. The molecule has 21 heavy (non-hydrogen) atoms. The van der Waals surface area contributed by atoms with Crippen molar-refractivity contribution in [1.29, 1.82) is 5.26 Å². The van der Waals surface area contributed by atoms with Crippen LogP contribution in [-0.4, -0.2) is 24.5 Å². The third-order valence-electron chi connectivity index (χ3n) is 3.06. The number of para-hydroxylation sites is 1. The Labute approximate surface area is 123 Å². The summed E-state index contributed by atoms with van der Waals surface area (Å²) in [6, 6.07) is 12.5. The van der Waals surface area contributed by atoms with Crippen LogP contribution in [-0.2, 0) is 0 Å². The third kappa shape index (κ3) is 3.18. The average Bonchev–Trinajstić information content (AvgIpc) is 2.54.